The molecule has 0 spiro atoms. The Labute approximate surface area is 115 Å². The smallest absolute Gasteiger partial charge is 0.0655 e. The van der Waals surface area contributed by atoms with Crippen molar-refractivity contribution in [3.63, 3.8) is 0 Å². The molecule has 2 aromatic rings. The summed E-state index contributed by atoms with van der Waals surface area (Å²) in [5, 5.41) is 0. The van der Waals surface area contributed by atoms with E-state index in [2.05, 4.69) is 61.2 Å². The number of para-hydroxylation sites is 1. The number of rotatable bonds is 4. The van der Waals surface area contributed by atoms with Crippen LogP contribution in [-0.4, -0.2) is 19.1 Å². The summed E-state index contributed by atoms with van der Waals surface area (Å²) in [7, 11) is 4.16. The maximum Gasteiger partial charge on any atom is 0.0655 e. The van der Waals surface area contributed by atoms with E-state index in [1.165, 1.54) is 16.8 Å². The number of hydrogen-bond acceptors (Lipinski definition) is 2. The van der Waals surface area contributed by atoms with Crippen LogP contribution in [0.15, 0.2) is 54.7 Å². The van der Waals surface area contributed by atoms with Crippen LogP contribution in [0.25, 0.3) is 5.57 Å². The van der Waals surface area contributed by atoms with Gasteiger partial charge in [-0.05, 0) is 42.7 Å². The van der Waals surface area contributed by atoms with Crippen molar-refractivity contribution in [3.8, 4) is 0 Å². The molecule has 1 heterocycles. The highest BCUT2D eigenvalue weighted by Crippen LogP contribution is 2.20. The van der Waals surface area contributed by atoms with Crippen molar-refractivity contribution < 1.29 is 0 Å². The van der Waals surface area contributed by atoms with E-state index in [1.807, 2.05) is 24.4 Å². The summed E-state index contributed by atoms with van der Waals surface area (Å²) in [5.74, 6) is 0. The first-order chi connectivity index (χ1) is 9.18. The number of allylic oxidation sites excluding steroid dienone is 2. The molecule has 0 fully saturated rings. The lowest BCUT2D eigenvalue weighted by atomic mass is 10.1. The third kappa shape index (κ3) is 3.44. The zero-order valence-electron chi connectivity index (χ0n) is 11.8. The molecule has 0 amide bonds. The molecule has 2 nitrogen and oxygen atoms in total. The minimum atomic E-state index is 0.927. The molecule has 98 valence electrons. The highest BCUT2D eigenvalue weighted by Gasteiger charge is 2.02. The largest absolute Gasteiger partial charge is 0.377 e. The fourth-order valence-electron chi connectivity index (χ4n) is 2.08. The van der Waals surface area contributed by atoms with Crippen LogP contribution < -0.4 is 4.90 Å². The van der Waals surface area contributed by atoms with Gasteiger partial charge in [0.25, 0.3) is 0 Å². The molecule has 1 aromatic heterocycles. The first-order valence-electron chi connectivity index (χ1n) is 6.52. The first-order valence-corrected chi connectivity index (χ1v) is 6.52. The Morgan fingerprint density at radius 1 is 1.11 bits per heavy atom. The minimum absolute atomic E-state index is 0.927. The summed E-state index contributed by atoms with van der Waals surface area (Å²) >= 11 is 0. The van der Waals surface area contributed by atoms with Crippen LogP contribution in [0, 0.1) is 0 Å². The van der Waals surface area contributed by atoms with E-state index in [-0.39, 0.29) is 0 Å². The molecule has 2 heteroatoms. The fraction of sp³-hybridized carbons (Fsp3) is 0.235. The van der Waals surface area contributed by atoms with E-state index < -0.39 is 0 Å². The Hall–Kier alpha value is -2.09. The lowest BCUT2D eigenvalue weighted by Crippen LogP contribution is -2.10. The topological polar surface area (TPSA) is 16.1 Å². The Bertz CT molecular complexity index is 556. The molecule has 2 rings (SSSR count). The molecule has 0 bridgehead atoms. The van der Waals surface area contributed by atoms with E-state index in [4.69, 9.17) is 0 Å². The van der Waals surface area contributed by atoms with Crippen LogP contribution in [0.1, 0.15) is 18.2 Å². The van der Waals surface area contributed by atoms with Gasteiger partial charge in [0.1, 0.15) is 0 Å². The van der Waals surface area contributed by atoms with Crippen LogP contribution in [0.5, 0.6) is 0 Å². The predicted molar refractivity (Wildman–Crippen MR) is 82.4 cm³/mol. The summed E-state index contributed by atoms with van der Waals surface area (Å²) in [5.41, 5.74) is 4.87. The summed E-state index contributed by atoms with van der Waals surface area (Å²) in [6.45, 7) is 2.11. The highest BCUT2D eigenvalue weighted by molar-refractivity contribution is 5.62. The van der Waals surface area contributed by atoms with Crippen molar-refractivity contribution in [2.45, 2.75) is 13.3 Å². The van der Waals surface area contributed by atoms with Crippen molar-refractivity contribution in [3.05, 3.63) is 66.0 Å². The molecule has 0 aliphatic carbocycles. The van der Waals surface area contributed by atoms with Crippen LogP contribution >= 0.6 is 0 Å². The Balaban J connectivity index is 2.19. The number of anilines is 1. The molecule has 0 aliphatic rings. The number of pyridine rings is 1. The molecule has 0 unspecified atom stereocenters. The van der Waals surface area contributed by atoms with Gasteiger partial charge in [0.2, 0.25) is 0 Å². The number of benzene rings is 1. The van der Waals surface area contributed by atoms with Gasteiger partial charge in [0, 0.05) is 26.0 Å². The minimum Gasteiger partial charge on any atom is -0.377 e. The molecule has 0 radical (unpaired) electrons. The van der Waals surface area contributed by atoms with E-state index >= 15 is 0 Å². The molecule has 19 heavy (non-hydrogen) atoms. The van der Waals surface area contributed by atoms with E-state index in [0.29, 0.717) is 0 Å². The number of hydrogen-bond donors (Lipinski definition) is 0. The summed E-state index contributed by atoms with van der Waals surface area (Å²) in [6.07, 6.45) is 5.00. The highest BCUT2D eigenvalue weighted by atomic mass is 15.1. The van der Waals surface area contributed by atoms with Crippen molar-refractivity contribution in [2.24, 2.45) is 0 Å². The van der Waals surface area contributed by atoms with Crippen molar-refractivity contribution in [2.75, 3.05) is 19.0 Å². The van der Waals surface area contributed by atoms with E-state index in [0.717, 1.165) is 12.1 Å². The predicted octanol–water partition coefficient (Wildman–Crippen LogP) is 3.79. The zero-order valence-corrected chi connectivity index (χ0v) is 11.8. The second kappa shape index (κ2) is 6.19. The van der Waals surface area contributed by atoms with Crippen molar-refractivity contribution in [1.29, 1.82) is 0 Å². The van der Waals surface area contributed by atoms with Gasteiger partial charge in [-0.3, -0.25) is 4.98 Å². The average molecular weight is 252 g/mol. The Kier molecular flexibility index (Phi) is 4.35. The monoisotopic (exact) mass is 252 g/mol. The van der Waals surface area contributed by atoms with Gasteiger partial charge < -0.3 is 4.90 Å². The average Bonchev–Trinajstić information content (AvgIpc) is 2.46. The Morgan fingerprint density at radius 3 is 2.53 bits per heavy atom. The van der Waals surface area contributed by atoms with Gasteiger partial charge in [0.15, 0.2) is 0 Å². The van der Waals surface area contributed by atoms with Crippen LogP contribution in [0.4, 0.5) is 5.69 Å². The lowest BCUT2D eigenvalue weighted by molar-refractivity contribution is 1.09. The lowest BCUT2D eigenvalue weighted by Gasteiger charge is -2.16. The van der Waals surface area contributed by atoms with Crippen molar-refractivity contribution in [1.82, 2.24) is 4.98 Å². The van der Waals surface area contributed by atoms with Crippen molar-refractivity contribution >= 4 is 11.3 Å². The first kappa shape index (κ1) is 13.3. The quantitative estimate of drug-likeness (QED) is 0.823. The van der Waals surface area contributed by atoms with Gasteiger partial charge in [-0.25, -0.2) is 0 Å². The summed E-state index contributed by atoms with van der Waals surface area (Å²) < 4.78 is 0. The third-order valence-corrected chi connectivity index (χ3v) is 3.17. The molecule has 1 aromatic carbocycles. The maximum atomic E-state index is 4.37. The van der Waals surface area contributed by atoms with Gasteiger partial charge in [-0.2, -0.15) is 0 Å². The van der Waals surface area contributed by atoms with Crippen LogP contribution in [-0.2, 0) is 6.42 Å². The van der Waals surface area contributed by atoms with Gasteiger partial charge in [0.05, 0.1) is 5.69 Å². The molecule has 0 saturated heterocycles. The maximum absolute atomic E-state index is 4.37. The van der Waals surface area contributed by atoms with Crippen LogP contribution in [0.2, 0.25) is 0 Å². The second-order valence-corrected chi connectivity index (χ2v) is 4.83. The molecular weight excluding hydrogens is 232 g/mol. The SMILES string of the molecule is C/C(=C\Cc1ccccc1N(C)C)c1ccccn1. The molecule has 0 saturated carbocycles. The van der Waals surface area contributed by atoms with Gasteiger partial charge in [-0.1, -0.05) is 30.3 Å². The summed E-state index contributed by atoms with van der Waals surface area (Å²) in [4.78, 5) is 6.52. The standard InChI is InChI=1S/C17H20N2/c1-14(16-9-6-7-13-18-16)11-12-15-8-4-5-10-17(15)19(2)3/h4-11,13H,12H2,1-3H3/b14-11+. The molecular formula is C17H20N2. The van der Waals surface area contributed by atoms with Gasteiger partial charge >= 0.3 is 0 Å². The summed E-state index contributed by atoms with van der Waals surface area (Å²) in [6, 6.07) is 14.5. The third-order valence-electron chi connectivity index (χ3n) is 3.17. The molecule has 0 N–H and O–H groups in total. The molecule has 0 atom stereocenters. The van der Waals surface area contributed by atoms with Crippen LogP contribution in [0.3, 0.4) is 0 Å². The second-order valence-electron chi connectivity index (χ2n) is 4.83. The van der Waals surface area contributed by atoms with Gasteiger partial charge in [-0.15, -0.1) is 0 Å². The van der Waals surface area contributed by atoms with E-state index in [9.17, 15) is 0 Å². The zero-order chi connectivity index (χ0) is 13.7. The van der Waals surface area contributed by atoms with E-state index in [1.54, 1.807) is 0 Å². The number of aromatic nitrogens is 1. The Morgan fingerprint density at radius 2 is 1.84 bits per heavy atom. The number of nitrogens with zero attached hydrogens (tertiary/aromatic N) is 2. The normalized spacial score (nSPS) is 11.4. The fourth-order valence-corrected chi connectivity index (χ4v) is 2.08. The molecule has 0 aliphatic heterocycles.